The number of carboxylic acids is 1. The Morgan fingerprint density at radius 3 is 2.33 bits per heavy atom. The summed E-state index contributed by atoms with van der Waals surface area (Å²) in [5.74, 6) is -1.96. The zero-order valence-corrected chi connectivity index (χ0v) is 14.1. The molecule has 0 amide bonds. The predicted molar refractivity (Wildman–Crippen MR) is 84.4 cm³/mol. The van der Waals surface area contributed by atoms with Crippen molar-refractivity contribution in [3.05, 3.63) is 0 Å². The molecule has 3 atom stereocenters. The first-order chi connectivity index (χ1) is 9.72. The van der Waals surface area contributed by atoms with Gasteiger partial charge in [-0.25, -0.2) is 0 Å². The SMILES string of the molecule is CC(C)CC(CP(=O)(O)C(N)CC1CCCCC1)C(=O)O. The third kappa shape index (κ3) is 6.50. The molecule has 1 saturated carbocycles. The molecule has 0 aromatic carbocycles. The van der Waals surface area contributed by atoms with Gasteiger partial charge in [-0.3, -0.25) is 9.36 Å². The quantitative estimate of drug-likeness (QED) is 0.596. The van der Waals surface area contributed by atoms with Gasteiger partial charge in [0, 0.05) is 6.16 Å². The van der Waals surface area contributed by atoms with E-state index >= 15 is 0 Å². The third-order valence-corrected chi connectivity index (χ3v) is 6.62. The summed E-state index contributed by atoms with van der Waals surface area (Å²) >= 11 is 0. The van der Waals surface area contributed by atoms with Crippen molar-refractivity contribution in [2.45, 2.75) is 64.6 Å². The third-order valence-electron chi connectivity index (χ3n) is 4.40. The summed E-state index contributed by atoms with van der Waals surface area (Å²) in [7, 11) is -3.62. The summed E-state index contributed by atoms with van der Waals surface area (Å²) in [5.41, 5.74) is 5.96. The van der Waals surface area contributed by atoms with Crippen LogP contribution in [0, 0.1) is 17.8 Å². The van der Waals surface area contributed by atoms with Gasteiger partial charge >= 0.3 is 5.97 Å². The van der Waals surface area contributed by atoms with Crippen LogP contribution in [0.4, 0.5) is 0 Å². The second kappa shape index (κ2) is 8.30. The minimum absolute atomic E-state index is 0.181. The fourth-order valence-electron chi connectivity index (χ4n) is 3.20. The molecule has 21 heavy (non-hydrogen) atoms. The van der Waals surface area contributed by atoms with E-state index in [0.29, 0.717) is 18.8 Å². The van der Waals surface area contributed by atoms with Gasteiger partial charge in [0.1, 0.15) is 0 Å². The maximum absolute atomic E-state index is 12.5. The van der Waals surface area contributed by atoms with Crippen LogP contribution < -0.4 is 5.73 Å². The Morgan fingerprint density at radius 2 is 1.86 bits per heavy atom. The van der Waals surface area contributed by atoms with Crippen LogP contribution >= 0.6 is 7.37 Å². The highest BCUT2D eigenvalue weighted by molar-refractivity contribution is 7.58. The van der Waals surface area contributed by atoms with Gasteiger partial charge in [0.05, 0.1) is 11.7 Å². The van der Waals surface area contributed by atoms with Crippen molar-refractivity contribution < 1.29 is 19.4 Å². The fourth-order valence-corrected chi connectivity index (χ4v) is 5.04. The molecule has 1 rings (SSSR count). The Kier molecular flexibility index (Phi) is 7.38. The van der Waals surface area contributed by atoms with E-state index in [1.54, 1.807) is 0 Å². The molecular weight excluding hydrogens is 289 g/mol. The molecule has 6 heteroatoms. The number of carboxylic acid groups (broad SMARTS) is 1. The van der Waals surface area contributed by atoms with Gasteiger partial charge in [-0.05, 0) is 24.7 Å². The molecule has 0 aliphatic heterocycles. The highest BCUT2D eigenvalue weighted by atomic mass is 31.2. The summed E-state index contributed by atoms with van der Waals surface area (Å²) in [6, 6.07) is 0. The van der Waals surface area contributed by atoms with Gasteiger partial charge in [-0.15, -0.1) is 0 Å². The van der Waals surface area contributed by atoms with Gasteiger partial charge in [0.15, 0.2) is 0 Å². The number of carbonyl (C=O) groups is 1. The van der Waals surface area contributed by atoms with Crippen molar-refractivity contribution in [1.29, 1.82) is 0 Å². The summed E-state index contributed by atoms with van der Waals surface area (Å²) in [4.78, 5) is 21.5. The first-order valence-electron chi connectivity index (χ1n) is 8.02. The van der Waals surface area contributed by atoms with Crippen molar-refractivity contribution in [3.8, 4) is 0 Å². The molecule has 0 spiro atoms. The van der Waals surface area contributed by atoms with Crippen molar-refractivity contribution in [2.24, 2.45) is 23.5 Å². The highest BCUT2D eigenvalue weighted by Gasteiger charge is 2.35. The van der Waals surface area contributed by atoms with E-state index in [4.69, 9.17) is 5.73 Å². The standard InChI is InChI=1S/C15H30NO4P/c1-11(2)8-13(15(17)18)10-21(19,20)14(16)9-12-6-4-3-5-7-12/h11-14H,3-10,16H2,1-2H3,(H,17,18)(H,19,20). The number of nitrogens with two attached hydrogens (primary N) is 1. The van der Waals surface area contributed by atoms with Crippen LogP contribution in [0.2, 0.25) is 0 Å². The van der Waals surface area contributed by atoms with Crippen molar-refractivity contribution in [2.75, 3.05) is 6.16 Å². The summed E-state index contributed by atoms with van der Waals surface area (Å²) in [6.45, 7) is 3.83. The van der Waals surface area contributed by atoms with Crippen LogP contribution in [0.15, 0.2) is 0 Å². The average molecular weight is 319 g/mol. The molecule has 124 valence electrons. The average Bonchev–Trinajstić information content (AvgIpc) is 2.38. The van der Waals surface area contributed by atoms with Crippen LogP contribution in [0.25, 0.3) is 0 Å². The number of aliphatic carboxylic acids is 1. The smallest absolute Gasteiger partial charge is 0.307 e. The second-order valence-electron chi connectivity index (χ2n) is 6.91. The van der Waals surface area contributed by atoms with Gasteiger partial charge in [-0.1, -0.05) is 46.0 Å². The van der Waals surface area contributed by atoms with E-state index in [0.717, 1.165) is 25.7 Å². The zero-order chi connectivity index (χ0) is 16.0. The molecule has 1 fully saturated rings. The van der Waals surface area contributed by atoms with E-state index in [9.17, 15) is 19.4 Å². The Labute approximate surface area is 127 Å². The molecule has 3 unspecified atom stereocenters. The van der Waals surface area contributed by atoms with E-state index in [2.05, 4.69) is 0 Å². The molecule has 0 saturated heterocycles. The molecule has 1 aliphatic carbocycles. The van der Waals surface area contributed by atoms with E-state index < -0.39 is 25.0 Å². The molecule has 4 N–H and O–H groups in total. The van der Waals surface area contributed by atoms with Crippen LogP contribution in [0.5, 0.6) is 0 Å². The molecule has 0 aromatic heterocycles. The Bertz CT molecular complexity index is 380. The van der Waals surface area contributed by atoms with Crippen LogP contribution in [-0.4, -0.2) is 27.9 Å². The second-order valence-corrected chi connectivity index (χ2v) is 9.45. The zero-order valence-electron chi connectivity index (χ0n) is 13.2. The van der Waals surface area contributed by atoms with Gasteiger partial charge < -0.3 is 15.7 Å². The lowest BCUT2D eigenvalue weighted by Crippen LogP contribution is -2.29. The normalized spacial score (nSPS) is 22.7. The minimum atomic E-state index is -3.62. The Balaban J connectivity index is 2.59. The van der Waals surface area contributed by atoms with Crippen molar-refractivity contribution in [1.82, 2.24) is 0 Å². The minimum Gasteiger partial charge on any atom is -0.481 e. The predicted octanol–water partition coefficient (Wildman–Crippen LogP) is 3.26. The molecule has 0 bridgehead atoms. The number of hydrogen-bond acceptors (Lipinski definition) is 3. The highest BCUT2D eigenvalue weighted by Crippen LogP contribution is 2.49. The lowest BCUT2D eigenvalue weighted by atomic mass is 9.87. The fraction of sp³-hybridized carbons (Fsp3) is 0.933. The number of rotatable bonds is 8. The summed E-state index contributed by atoms with van der Waals surface area (Å²) < 4.78 is 12.5. The molecular formula is C15H30NO4P. The first-order valence-corrected chi connectivity index (χ1v) is 9.93. The number of hydrogen-bond donors (Lipinski definition) is 3. The molecule has 0 radical (unpaired) electrons. The molecule has 0 heterocycles. The topological polar surface area (TPSA) is 101 Å². The van der Waals surface area contributed by atoms with Crippen LogP contribution in [0.3, 0.4) is 0 Å². The lowest BCUT2D eigenvalue weighted by molar-refractivity contribution is -0.141. The van der Waals surface area contributed by atoms with Crippen molar-refractivity contribution in [3.63, 3.8) is 0 Å². The van der Waals surface area contributed by atoms with Crippen LogP contribution in [0.1, 0.15) is 58.8 Å². The molecule has 1 aliphatic rings. The monoisotopic (exact) mass is 319 g/mol. The van der Waals surface area contributed by atoms with E-state index in [1.165, 1.54) is 6.42 Å². The van der Waals surface area contributed by atoms with Gasteiger partial charge in [0.25, 0.3) is 0 Å². The van der Waals surface area contributed by atoms with Crippen LogP contribution in [-0.2, 0) is 9.36 Å². The van der Waals surface area contributed by atoms with E-state index in [-0.39, 0.29) is 12.1 Å². The maximum atomic E-state index is 12.5. The Morgan fingerprint density at radius 1 is 1.29 bits per heavy atom. The lowest BCUT2D eigenvalue weighted by Gasteiger charge is -2.28. The Hall–Kier alpha value is -0.380. The summed E-state index contributed by atoms with van der Waals surface area (Å²) in [5, 5.41) is 9.22. The largest absolute Gasteiger partial charge is 0.481 e. The van der Waals surface area contributed by atoms with Gasteiger partial charge in [-0.2, -0.15) is 0 Å². The van der Waals surface area contributed by atoms with E-state index in [1.807, 2.05) is 13.8 Å². The first kappa shape index (κ1) is 18.7. The maximum Gasteiger partial charge on any atom is 0.307 e. The molecule has 5 nitrogen and oxygen atoms in total. The summed E-state index contributed by atoms with van der Waals surface area (Å²) in [6.07, 6.45) is 6.46. The van der Waals surface area contributed by atoms with Crippen molar-refractivity contribution >= 4 is 13.3 Å². The molecule has 0 aromatic rings. The van der Waals surface area contributed by atoms with Gasteiger partial charge in [0.2, 0.25) is 7.37 Å².